The molecule has 2 aromatic carbocycles. The number of aromatic nitrogens is 1. The lowest BCUT2D eigenvalue weighted by Gasteiger charge is -2.32. The molecule has 0 bridgehead atoms. The number of fused-ring (bicyclic) bond motifs is 1. The normalized spacial score (nSPS) is 17.9. The first kappa shape index (κ1) is 16.7. The molecule has 26 heavy (non-hydrogen) atoms. The molecule has 0 radical (unpaired) electrons. The van der Waals surface area contributed by atoms with Crippen LogP contribution in [0.25, 0.3) is 10.9 Å². The van der Waals surface area contributed by atoms with E-state index in [0.717, 1.165) is 43.4 Å². The van der Waals surface area contributed by atoms with Gasteiger partial charge in [0.2, 0.25) is 5.91 Å². The minimum absolute atomic E-state index is 0.0146. The third-order valence-corrected chi connectivity index (χ3v) is 4.97. The number of nitrogens with one attached hydrogen (secondary N) is 1. The number of hydrogen-bond acceptors (Lipinski definition) is 3. The van der Waals surface area contributed by atoms with Crippen molar-refractivity contribution in [3.8, 4) is 0 Å². The molecule has 0 aliphatic carbocycles. The van der Waals surface area contributed by atoms with E-state index >= 15 is 0 Å². The van der Waals surface area contributed by atoms with E-state index in [4.69, 9.17) is 0 Å². The fraction of sp³-hybridized carbons (Fsp3) is 0.273. The molecular weight excluding hydrogens is 322 g/mol. The number of amides is 1. The number of pyridine rings is 1. The second-order valence-corrected chi connectivity index (χ2v) is 6.94. The van der Waals surface area contributed by atoms with Crippen molar-refractivity contribution >= 4 is 22.6 Å². The standard InChI is InChI=1S/C22H23N3O/c26-22(24-21-13-12-18-9-4-5-11-20(18)23-21)19-10-6-14-25(16-19)15-17-7-2-1-3-8-17/h1-5,7-9,11-13,19H,6,10,14-16H2,(H,23,24,26)/t19-/m0/s1. The molecule has 1 aliphatic heterocycles. The van der Waals surface area contributed by atoms with Crippen molar-refractivity contribution in [1.82, 2.24) is 9.88 Å². The van der Waals surface area contributed by atoms with Gasteiger partial charge in [-0.1, -0.05) is 48.5 Å². The number of nitrogens with zero attached hydrogens (tertiary/aromatic N) is 2. The van der Waals surface area contributed by atoms with Crippen molar-refractivity contribution in [2.24, 2.45) is 5.92 Å². The molecule has 2 heterocycles. The van der Waals surface area contributed by atoms with Crippen LogP contribution >= 0.6 is 0 Å². The van der Waals surface area contributed by atoms with E-state index in [1.54, 1.807) is 0 Å². The molecule has 0 saturated carbocycles. The van der Waals surface area contributed by atoms with Crippen molar-refractivity contribution in [1.29, 1.82) is 0 Å². The van der Waals surface area contributed by atoms with Crippen molar-refractivity contribution < 1.29 is 4.79 Å². The van der Waals surface area contributed by atoms with Gasteiger partial charge in [-0.25, -0.2) is 4.98 Å². The second-order valence-electron chi connectivity index (χ2n) is 6.94. The number of carbonyl (C=O) groups is 1. The fourth-order valence-electron chi connectivity index (χ4n) is 3.62. The van der Waals surface area contributed by atoms with Crippen LogP contribution in [0.15, 0.2) is 66.7 Å². The Morgan fingerprint density at radius 3 is 2.73 bits per heavy atom. The molecule has 3 aromatic rings. The molecular formula is C22H23N3O. The third kappa shape index (κ3) is 3.92. The highest BCUT2D eigenvalue weighted by molar-refractivity contribution is 5.93. The highest BCUT2D eigenvalue weighted by atomic mass is 16.2. The zero-order chi connectivity index (χ0) is 17.8. The lowest BCUT2D eigenvalue weighted by atomic mass is 9.96. The maximum atomic E-state index is 12.7. The molecule has 1 aromatic heterocycles. The monoisotopic (exact) mass is 345 g/mol. The lowest BCUT2D eigenvalue weighted by molar-refractivity contribution is -0.121. The average molecular weight is 345 g/mol. The van der Waals surface area contributed by atoms with Crippen molar-refractivity contribution in [3.05, 3.63) is 72.3 Å². The summed E-state index contributed by atoms with van der Waals surface area (Å²) in [6, 6.07) is 22.3. The Bertz CT molecular complexity index is 894. The van der Waals surface area contributed by atoms with Crippen LogP contribution in [0, 0.1) is 5.92 Å². The molecule has 1 amide bonds. The molecule has 4 rings (SSSR count). The smallest absolute Gasteiger partial charge is 0.229 e. The second kappa shape index (κ2) is 7.67. The van der Waals surface area contributed by atoms with Crippen LogP contribution in [0.3, 0.4) is 0 Å². The summed E-state index contributed by atoms with van der Waals surface area (Å²) in [5, 5.41) is 4.09. The van der Waals surface area contributed by atoms with Gasteiger partial charge < -0.3 is 5.32 Å². The molecule has 1 aliphatic rings. The first-order chi connectivity index (χ1) is 12.8. The van der Waals surface area contributed by atoms with Gasteiger partial charge in [-0.2, -0.15) is 0 Å². The predicted octanol–water partition coefficient (Wildman–Crippen LogP) is 4.09. The number of likely N-dealkylation sites (tertiary alicyclic amines) is 1. The van der Waals surface area contributed by atoms with Crippen LogP contribution in [0.1, 0.15) is 18.4 Å². The number of carbonyl (C=O) groups excluding carboxylic acids is 1. The summed E-state index contributed by atoms with van der Waals surface area (Å²) in [5.74, 6) is 0.722. The van der Waals surface area contributed by atoms with Gasteiger partial charge in [0.25, 0.3) is 0 Å². The quantitative estimate of drug-likeness (QED) is 0.775. The van der Waals surface area contributed by atoms with Gasteiger partial charge in [-0.05, 0) is 43.1 Å². The molecule has 4 nitrogen and oxygen atoms in total. The van der Waals surface area contributed by atoms with Gasteiger partial charge >= 0.3 is 0 Å². The zero-order valence-electron chi connectivity index (χ0n) is 14.8. The van der Waals surface area contributed by atoms with Crippen LogP contribution in [-0.2, 0) is 11.3 Å². The minimum Gasteiger partial charge on any atom is -0.310 e. The zero-order valence-corrected chi connectivity index (χ0v) is 14.8. The highest BCUT2D eigenvalue weighted by Gasteiger charge is 2.26. The summed E-state index contributed by atoms with van der Waals surface area (Å²) in [5.41, 5.74) is 2.20. The van der Waals surface area contributed by atoms with Crippen molar-refractivity contribution in [2.75, 3.05) is 18.4 Å². The van der Waals surface area contributed by atoms with E-state index in [-0.39, 0.29) is 11.8 Å². The van der Waals surface area contributed by atoms with Crippen LogP contribution < -0.4 is 5.32 Å². The van der Waals surface area contributed by atoms with Gasteiger partial charge in [-0.3, -0.25) is 9.69 Å². The van der Waals surface area contributed by atoms with Gasteiger partial charge in [0, 0.05) is 18.5 Å². The number of piperidine rings is 1. The Morgan fingerprint density at radius 2 is 1.85 bits per heavy atom. The summed E-state index contributed by atoms with van der Waals surface area (Å²) in [4.78, 5) is 19.6. The number of hydrogen-bond donors (Lipinski definition) is 1. The summed E-state index contributed by atoms with van der Waals surface area (Å²) < 4.78 is 0. The van der Waals surface area contributed by atoms with Crippen LogP contribution in [-0.4, -0.2) is 28.9 Å². The Hall–Kier alpha value is -2.72. The van der Waals surface area contributed by atoms with Crippen LogP contribution in [0.5, 0.6) is 0 Å². The van der Waals surface area contributed by atoms with Crippen molar-refractivity contribution in [3.63, 3.8) is 0 Å². The Morgan fingerprint density at radius 1 is 1.04 bits per heavy atom. The lowest BCUT2D eigenvalue weighted by Crippen LogP contribution is -2.40. The van der Waals surface area contributed by atoms with Gasteiger partial charge in [0.1, 0.15) is 5.82 Å². The molecule has 1 atom stereocenters. The molecule has 4 heteroatoms. The molecule has 1 fully saturated rings. The van der Waals surface area contributed by atoms with Gasteiger partial charge in [-0.15, -0.1) is 0 Å². The summed E-state index contributed by atoms with van der Waals surface area (Å²) in [7, 11) is 0. The third-order valence-electron chi connectivity index (χ3n) is 4.97. The number of para-hydroxylation sites is 1. The highest BCUT2D eigenvalue weighted by Crippen LogP contribution is 2.21. The van der Waals surface area contributed by atoms with E-state index in [1.807, 2.05) is 42.5 Å². The molecule has 132 valence electrons. The van der Waals surface area contributed by atoms with Gasteiger partial charge in [0.15, 0.2) is 0 Å². The summed E-state index contributed by atoms with van der Waals surface area (Å²) in [6.45, 7) is 2.75. The molecule has 0 spiro atoms. The van der Waals surface area contributed by atoms with Crippen LogP contribution in [0.2, 0.25) is 0 Å². The Balaban J connectivity index is 1.40. The molecule has 1 N–H and O–H groups in total. The topological polar surface area (TPSA) is 45.2 Å². The SMILES string of the molecule is O=C(Nc1ccc2ccccc2n1)[C@H]1CCCN(Cc2ccccc2)C1. The Labute approximate surface area is 153 Å². The largest absolute Gasteiger partial charge is 0.310 e. The van der Waals surface area contributed by atoms with E-state index in [0.29, 0.717) is 5.82 Å². The van der Waals surface area contributed by atoms with Crippen molar-refractivity contribution in [2.45, 2.75) is 19.4 Å². The van der Waals surface area contributed by atoms with E-state index < -0.39 is 0 Å². The first-order valence-electron chi connectivity index (χ1n) is 9.21. The maximum Gasteiger partial charge on any atom is 0.229 e. The van der Waals surface area contributed by atoms with Crippen LogP contribution in [0.4, 0.5) is 5.82 Å². The molecule has 0 unspecified atom stereocenters. The molecule has 1 saturated heterocycles. The summed E-state index contributed by atoms with van der Waals surface area (Å²) >= 11 is 0. The summed E-state index contributed by atoms with van der Waals surface area (Å²) in [6.07, 6.45) is 1.99. The first-order valence-corrected chi connectivity index (χ1v) is 9.21. The van der Waals surface area contributed by atoms with Gasteiger partial charge in [0.05, 0.1) is 11.4 Å². The maximum absolute atomic E-state index is 12.7. The number of benzene rings is 2. The average Bonchev–Trinajstić information content (AvgIpc) is 2.69. The van der Waals surface area contributed by atoms with E-state index in [1.165, 1.54) is 5.56 Å². The fourth-order valence-corrected chi connectivity index (χ4v) is 3.62. The minimum atomic E-state index is 0.0146. The van der Waals surface area contributed by atoms with E-state index in [9.17, 15) is 4.79 Å². The Kier molecular flexibility index (Phi) is 4.93. The number of anilines is 1. The predicted molar refractivity (Wildman–Crippen MR) is 105 cm³/mol. The van der Waals surface area contributed by atoms with E-state index in [2.05, 4.69) is 39.5 Å². The number of rotatable bonds is 4.